The lowest BCUT2D eigenvalue weighted by molar-refractivity contribution is -0.150. The highest BCUT2D eigenvalue weighted by molar-refractivity contribution is 5.88. The summed E-state index contributed by atoms with van der Waals surface area (Å²) in [7, 11) is 1.34. The molecule has 0 saturated carbocycles. The van der Waals surface area contributed by atoms with Gasteiger partial charge in [0.1, 0.15) is 5.54 Å². The predicted octanol–water partition coefficient (Wildman–Crippen LogP) is 3.74. The molecule has 2 rings (SSSR count). The van der Waals surface area contributed by atoms with Gasteiger partial charge in [-0.05, 0) is 30.0 Å². The fourth-order valence-corrected chi connectivity index (χ4v) is 2.92. The second kappa shape index (κ2) is 8.47. The van der Waals surface area contributed by atoms with Crippen LogP contribution in [0.4, 0.5) is 0 Å². The zero-order valence-electron chi connectivity index (χ0n) is 15.0. The number of ether oxygens (including phenoxy) is 1. The topological polar surface area (TPSA) is 55.4 Å². The smallest absolute Gasteiger partial charge is 0.331 e. The summed E-state index contributed by atoms with van der Waals surface area (Å²) in [5.74, 6) is -0.601. The number of benzene rings is 2. The molecule has 0 bridgehead atoms. The second-order valence-electron chi connectivity index (χ2n) is 6.36. The van der Waals surface area contributed by atoms with Gasteiger partial charge in [0.15, 0.2) is 0 Å². The first kappa shape index (κ1) is 18.7. The molecule has 0 saturated heterocycles. The van der Waals surface area contributed by atoms with Crippen molar-refractivity contribution in [2.45, 2.75) is 38.6 Å². The van der Waals surface area contributed by atoms with E-state index >= 15 is 0 Å². The molecule has 0 aliphatic rings. The average Bonchev–Trinajstić information content (AvgIpc) is 2.62. The van der Waals surface area contributed by atoms with E-state index in [1.54, 1.807) is 6.92 Å². The van der Waals surface area contributed by atoms with Crippen LogP contribution in [0.25, 0.3) is 11.1 Å². The molecule has 0 aliphatic heterocycles. The van der Waals surface area contributed by atoms with Crippen molar-refractivity contribution in [3.63, 3.8) is 0 Å². The summed E-state index contributed by atoms with van der Waals surface area (Å²) in [4.78, 5) is 24.3. The molecular weight excluding hydrogens is 314 g/mol. The summed E-state index contributed by atoms with van der Waals surface area (Å²) < 4.78 is 4.83. The third-order valence-electron chi connectivity index (χ3n) is 4.23. The minimum absolute atomic E-state index is 0.186. The van der Waals surface area contributed by atoms with E-state index in [9.17, 15) is 9.59 Å². The SMILES string of the molecule is CCCC(C)(NC(=O)Cc1ccc(-c2ccccc2)cc1)C(=O)OC. The quantitative estimate of drug-likeness (QED) is 0.782. The molecule has 0 radical (unpaired) electrons. The number of nitrogens with one attached hydrogen (secondary N) is 1. The second-order valence-corrected chi connectivity index (χ2v) is 6.36. The van der Waals surface area contributed by atoms with Crippen molar-refractivity contribution >= 4 is 11.9 Å². The van der Waals surface area contributed by atoms with E-state index in [0.29, 0.717) is 6.42 Å². The third kappa shape index (κ3) is 4.92. The highest BCUT2D eigenvalue weighted by atomic mass is 16.5. The first-order valence-corrected chi connectivity index (χ1v) is 8.52. The Balaban J connectivity index is 2.04. The lowest BCUT2D eigenvalue weighted by Crippen LogP contribution is -2.53. The van der Waals surface area contributed by atoms with Crippen LogP contribution in [-0.4, -0.2) is 24.5 Å². The molecule has 132 valence electrons. The monoisotopic (exact) mass is 339 g/mol. The minimum Gasteiger partial charge on any atom is -0.467 e. The van der Waals surface area contributed by atoms with Crippen molar-refractivity contribution in [1.29, 1.82) is 0 Å². The zero-order valence-corrected chi connectivity index (χ0v) is 15.0. The van der Waals surface area contributed by atoms with Crippen LogP contribution >= 0.6 is 0 Å². The van der Waals surface area contributed by atoms with Crippen LogP contribution in [0.3, 0.4) is 0 Å². The molecule has 0 aliphatic carbocycles. The van der Waals surface area contributed by atoms with Gasteiger partial charge >= 0.3 is 5.97 Å². The summed E-state index contributed by atoms with van der Waals surface area (Å²) >= 11 is 0. The largest absolute Gasteiger partial charge is 0.467 e. The Hall–Kier alpha value is -2.62. The van der Waals surface area contributed by atoms with E-state index in [1.807, 2.05) is 61.5 Å². The van der Waals surface area contributed by atoms with E-state index < -0.39 is 11.5 Å². The fourth-order valence-electron chi connectivity index (χ4n) is 2.92. The van der Waals surface area contributed by atoms with Gasteiger partial charge in [-0.15, -0.1) is 0 Å². The molecule has 1 N–H and O–H groups in total. The molecule has 1 amide bonds. The maximum atomic E-state index is 12.4. The molecular formula is C21H25NO3. The van der Waals surface area contributed by atoms with Crippen molar-refractivity contribution in [3.8, 4) is 11.1 Å². The summed E-state index contributed by atoms with van der Waals surface area (Å²) in [6.45, 7) is 3.67. The first-order valence-electron chi connectivity index (χ1n) is 8.52. The normalized spacial score (nSPS) is 12.9. The maximum absolute atomic E-state index is 12.4. The van der Waals surface area contributed by atoms with Gasteiger partial charge in [-0.3, -0.25) is 4.79 Å². The highest BCUT2D eigenvalue weighted by Gasteiger charge is 2.34. The van der Waals surface area contributed by atoms with E-state index in [1.165, 1.54) is 7.11 Å². The van der Waals surface area contributed by atoms with Gasteiger partial charge in [-0.25, -0.2) is 4.79 Å². The predicted molar refractivity (Wildman–Crippen MR) is 99.1 cm³/mol. The van der Waals surface area contributed by atoms with E-state index in [2.05, 4.69) is 5.32 Å². The Morgan fingerprint density at radius 1 is 1.00 bits per heavy atom. The Labute approximate surface area is 149 Å². The van der Waals surface area contributed by atoms with E-state index in [0.717, 1.165) is 23.1 Å². The van der Waals surface area contributed by atoms with Gasteiger partial charge in [0.2, 0.25) is 5.91 Å². The van der Waals surface area contributed by atoms with Gasteiger partial charge in [0.05, 0.1) is 13.5 Å². The summed E-state index contributed by atoms with van der Waals surface area (Å²) in [5.41, 5.74) is 2.17. The molecule has 1 unspecified atom stereocenters. The van der Waals surface area contributed by atoms with Crippen molar-refractivity contribution in [2.24, 2.45) is 0 Å². The lowest BCUT2D eigenvalue weighted by atomic mass is 9.95. The fraction of sp³-hybridized carbons (Fsp3) is 0.333. The number of hydrogen-bond acceptors (Lipinski definition) is 3. The highest BCUT2D eigenvalue weighted by Crippen LogP contribution is 2.20. The van der Waals surface area contributed by atoms with Crippen LogP contribution in [-0.2, 0) is 20.7 Å². The first-order chi connectivity index (χ1) is 12.0. The number of esters is 1. The third-order valence-corrected chi connectivity index (χ3v) is 4.23. The molecule has 2 aromatic carbocycles. The number of carbonyl (C=O) groups is 2. The summed E-state index contributed by atoms with van der Waals surface area (Å²) in [6, 6.07) is 18.0. The zero-order chi connectivity index (χ0) is 18.3. The molecule has 0 fully saturated rings. The van der Waals surface area contributed by atoms with E-state index in [4.69, 9.17) is 4.74 Å². The standard InChI is InChI=1S/C21H25NO3/c1-4-14-21(2,20(24)25-3)22-19(23)15-16-10-12-18(13-11-16)17-8-6-5-7-9-17/h5-13H,4,14-15H2,1-3H3,(H,22,23). The summed E-state index contributed by atoms with van der Waals surface area (Å²) in [5, 5.41) is 2.83. The van der Waals surface area contributed by atoms with Crippen LogP contribution in [0.2, 0.25) is 0 Å². The van der Waals surface area contributed by atoms with Gasteiger partial charge in [0, 0.05) is 0 Å². The van der Waals surface area contributed by atoms with Gasteiger partial charge in [-0.2, -0.15) is 0 Å². The van der Waals surface area contributed by atoms with E-state index in [-0.39, 0.29) is 12.3 Å². The van der Waals surface area contributed by atoms with Crippen molar-refractivity contribution in [3.05, 3.63) is 60.2 Å². The van der Waals surface area contributed by atoms with Gasteiger partial charge in [-0.1, -0.05) is 67.9 Å². The molecule has 2 aromatic rings. The van der Waals surface area contributed by atoms with Crippen LogP contribution in [0.1, 0.15) is 32.3 Å². The maximum Gasteiger partial charge on any atom is 0.331 e. The van der Waals surface area contributed by atoms with Gasteiger partial charge < -0.3 is 10.1 Å². The molecule has 4 nitrogen and oxygen atoms in total. The van der Waals surface area contributed by atoms with Crippen LogP contribution in [0.15, 0.2) is 54.6 Å². The number of carbonyl (C=O) groups excluding carboxylic acids is 2. The molecule has 0 aromatic heterocycles. The number of hydrogen-bond donors (Lipinski definition) is 1. The van der Waals surface area contributed by atoms with Crippen LogP contribution in [0.5, 0.6) is 0 Å². The average molecular weight is 339 g/mol. The van der Waals surface area contributed by atoms with Crippen LogP contribution in [0, 0.1) is 0 Å². The molecule has 0 spiro atoms. The Kier molecular flexibility index (Phi) is 6.34. The Morgan fingerprint density at radius 2 is 1.60 bits per heavy atom. The molecule has 25 heavy (non-hydrogen) atoms. The molecule has 1 atom stereocenters. The minimum atomic E-state index is -0.982. The van der Waals surface area contributed by atoms with Crippen molar-refractivity contribution < 1.29 is 14.3 Å². The lowest BCUT2D eigenvalue weighted by Gasteiger charge is -2.27. The Bertz CT molecular complexity index is 710. The molecule has 0 heterocycles. The van der Waals surface area contributed by atoms with Gasteiger partial charge in [0.25, 0.3) is 0 Å². The number of methoxy groups -OCH3 is 1. The Morgan fingerprint density at radius 3 is 2.16 bits per heavy atom. The molecule has 4 heteroatoms. The van der Waals surface area contributed by atoms with Crippen molar-refractivity contribution in [2.75, 3.05) is 7.11 Å². The summed E-state index contributed by atoms with van der Waals surface area (Å²) in [6.07, 6.45) is 1.54. The van der Waals surface area contributed by atoms with Crippen LogP contribution < -0.4 is 5.32 Å². The number of amides is 1. The van der Waals surface area contributed by atoms with Crippen molar-refractivity contribution in [1.82, 2.24) is 5.32 Å². The number of rotatable bonds is 7.